The smallest absolute Gasteiger partial charge is 0.307 e. The van der Waals surface area contributed by atoms with Crippen molar-refractivity contribution in [3.05, 3.63) is 94.4 Å². The van der Waals surface area contributed by atoms with Gasteiger partial charge >= 0.3 is 5.97 Å². The number of hydrogen-bond donors (Lipinski definition) is 3. The van der Waals surface area contributed by atoms with Crippen LogP contribution in [0.1, 0.15) is 52.9 Å². The quantitative estimate of drug-likeness (QED) is 0.130. The number of pyridine rings is 1. The molecule has 0 radical (unpaired) electrons. The van der Waals surface area contributed by atoms with Crippen molar-refractivity contribution >= 4 is 39.6 Å². The van der Waals surface area contributed by atoms with Crippen LogP contribution in [0, 0.1) is 31.1 Å². The number of nitrogens with zero attached hydrogens (tertiary/aromatic N) is 7. The molecule has 0 aliphatic carbocycles. The lowest BCUT2D eigenvalue weighted by atomic mass is 9.93. The highest BCUT2D eigenvalue weighted by molar-refractivity contribution is 5.90. The number of carboxylic acid groups (broad SMARTS) is 1. The molecule has 0 amide bonds. The number of alkyl halides is 2. The van der Waals surface area contributed by atoms with Gasteiger partial charge in [0.25, 0.3) is 6.43 Å². The number of aliphatic hydroxyl groups excluding tert-OH is 1. The summed E-state index contributed by atoms with van der Waals surface area (Å²) in [5.74, 6) is -1.26. The molecule has 3 N–H and O–H groups in total. The van der Waals surface area contributed by atoms with Crippen molar-refractivity contribution in [3.8, 4) is 28.7 Å². The molecule has 14 heteroatoms. The van der Waals surface area contributed by atoms with Crippen molar-refractivity contribution in [2.75, 3.05) is 31.5 Å². The number of fused-ring (bicyclic) bond motifs is 2. The first-order chi connectivity index (χ1) is 26.5. The fourth-order valence-electron chi connectivity index (χ4n) is 7.73. The molecule has 2 saturated heterocycles. The van der Waals surface area contributed by atoms with Crippen molar-refractivity contribution in [2.45, 2.75) is 52.3 Å². The molecule has 0 spiro atoms. The number of carboxylic acids is 1. The molecule has 12 nitrogen and oxygen atoms in total. The molecule has 55 heavy (non-hydrogen) atoms. The Morgan fingerprint density at radius 1 is 0.945 bits per heavy atom. The van der Waals surface area contributed by atoms with E-state index in [0.29, 0.717) is 84.8 Å². The van der Waals surface area contributed by atoms with E-state index in [1.807, 2.05) is 56.3 Å². The van der Waals surface area contributed by atoms with E-state index in [1.54, 1.807) is 18.3 Å². The first kappa shape index (κ1) is 36.1. The fraction of sp³-hybridized carbons (Fsp3) is 0.317. The summed E-state index contributed by atoms with van der Waals surface area (Å²) < 4.78 is 34.4. The molecule has 8 rings (SSSR count). The van der Waals surface area contributed by atoms with Gasteiger partial charge in [0.15, 0.2) is 17.2 Å². The Bertz CT molecular complexity index is 2500. The van der Waals surface area contributed by atoms with E-state index >= 15 is 0 Å². The topological polar surface area (TPSA) is 165 Å². The molecule has 2 atom stereocenters. The minimum absolute atomic E-state index is 0.166. The summed E-state index contributed by atoms with van der Waals surface area (Å²) in [6, 6.07) is 19.2. The summed E-state index contributed by atoms with van der Waals surface area (Å²) in [4.78, 5) is 33.4. The highest BCUT2D eigenvalue weighted by Crippen LogP contribution is 2.38. The number of anilines is 2. The number of aromatic nitrogens is 4. The second-order valence-corrected chi connectivity index (χ2v) is 14.4. The van der Waals surface area contributed by atoms with Crippen LogP contribution < -0.4 is 5.32 Å². The van der Waals surface area contributed by atoms with Gasteiger partial charge in [0.2, 0.25) is 5.89 Å². The Morgan fingerprint density at radius 2 is 1.65 bits per heavy atom. The van der Waals surface area contributed by atoms with Gasteiger partial charge in [0.1, 0.15) is 17.1 Å². The number of oxazole rings is 1. The number of β-amino-alcohol motifs (C(OH)–C–C–N with tert-alkyl or cyclic N) is 1. The molecule has 3 aromatic heterocycles. The Morgan fingerprint density at radius 3 is 2.38 bits per heavy atom. The van der Waals surface area contributed by atoms with Gasteiger partial charge in [-0.25, -0.2) is 23.7 Å². The Kier molecular flexibility index (Phi) is 9.68. The summed E-state index contributed by atoms with van der Waals surface area (Å²) in [5, 5.41) is 32.6. The molecule has 5 heterocycles. The van der Waals surface area contributed by atoms with Crippen LogP contribution in [0.5, 0.6) is 0 Å². The van der Waals surface area contributed by atoms with Gasteiger partial charge in [-0.1, -0.05) is 24.3 Å². The van der Waals surface area contributed by atoms with Crippen LogP contribution in [0.3, 0.4) is 0 Å². The molecular formula is C41H38F2N8O4. The van der Waals surface area contributed by atoms with Crippen LogP contribution in [0.2, 0.25) is 0 Å². The maximum absolute atomic E-state index is 14.1. The maximum Gasteiger partial charge on any atom is 0.307 e. The molecule has 0 saturated carbocycles. The minimum Gasteiger partial charge on any atom is -0.481 e. The maximum atomic E-state index is 14.1. The van der Waals surface area contributed by atoms with E-state index in [-0.39, 0.29) is 11.9 Å². The predicted molar refractivity (Wildman–Crippen MR) is 202 cm³/mol. The lowest BCUT2D eigenvalue weighted by Crippen LogP contribution is -2.22. The van der Waals surface area contributed by atoms with E-state index in [1.165, 1.54) is 0 Å². The van der Waals surface area contributed by atoms with Crippen molar-refractivity contribution < 1.29 is 28.2 Å². The van der Waals surface area contributed by atoms with E-state index in [0.717, 1.165) is 45.5 Å². The van der Waals surface area contributed by atoms with Crippen LogP contribution in [0.25, 0.3) is 44.7 Å². The number of aliphatic hydroxyl groups is 1. The molecule has 2 fully saturated rings. The number of rotatable bonds is 10. The Balaban J connectivity index is 1.10. The van der Waals surface area contributed by atoms with Gasteiger partial charge in [-0.05, 0) is 96.9 Å². The standard InChI is InChI=1S/C41H38F2N8O4/c1-22-29(5-3-7-31(22)40-48-34-14-24(13-27(16-44)36(34)55-40)18-50-11-9-26(20-50)41(53)54)30-6-4-8-32(23(30)2)46-38-35-33(47-39(49-38)37(42)43)15-25(17-45-35)19-51-12-10-28(52)21-51/h3-8,13-15,17,26,28,37,52H,9-12,18-21H2,1-2H3,(H,53,54)(H,46,47,49)/t26?,28-/m1/s1. The minimum atomic E-state index is -2.89. The van der Waals surface area contributed by atoms with Crippen LogP contribution in [-0.2, 0) is 17.9 Å². The normalized spacial score (nSPS) is 17.8. The van der Waals surface area contributed by atoms with E-state index in [2.05, 4.69) is 36.1 Å². The molecule has 2 aliphatic heterocycles. The average Bonchev–Trinajstić information content (AvgIpc) is 3.92. The predicted octanol–water partition coefficient (Wildman–Crippen LogP) is 7.14. The summed E-state index contributed by atoms with van der Waals surface area (Å²) in [5.41, 5.74) is 8.53. The average molecular weight is 745 g/mol. The number of nitriles is 1. The lowest BCUT2D eigenvalue weighted by molar-refractivity contribution is -0.141. The lowest BCUT2D eigenvalue weighted by Gasteiger charge is -2.17. The highest BCUT2D eigenvalue weighted by atomic mass is 19.3. The molecule has 280 valence electrons. The van der Waals surface area contributed by atoms with Gasteiger partial charge in [0.05, 0.1) is 23.1 Å². The monoisotopic (exact) mass is 744 g/mol. The first-order valence-electron chi connectivity index (χ1n) is 18.2. The van der Waals surface area contributed by atoms with Crippen molar-refractivity contribution in [1.82, 2.24) is 29.7 Å². The molecule has 1 unspecified atom stereocenters. The second-order valence-electron chi connectivity index (χ2n) is 14.4. The third-order valence-corrected chi connectivity index (χ3v) is 10.6. The SMILES string of the molecule is Cc1c(Nc2nc(C(F)F)nc3cc(CN4CC[C@@H](O)C4)cnc23)cccc1-c1cccc(-c2nc3cc(CN4CCC(C(=O)O)C4)cc(C#N)c3o2)c1C. The molecule has 3 aromatic carbocycles. The Labute approximate surface area is 315 Å². The van der Waals surface area contributed by atoms with E-state index in [4.69, 9.17) is 9.40 Å². The number of nitrogens with one attached hydrogen (secondary N) is 1. The second kappa shape index (κ2) is 14.7. The third-order valence-electron chi connectivity index (χ3n) is 10.6. The number of carbonyl (C=O) groups is 1. The van der Waals surface area contributed by atoms with E-state index < -0.39 is 24.1 Å². The van der Waals surface area contributed by atoms with Gasteiger partial charge < -0.3 is 19.9 Å². The zero-order valence-electron chi connectivity index (χ0n) is 30.3. The van der Waals surface area contributed by atoms with Gasteiger partial charge in [0, 0.05) is 50.2 Å². The number of benzene rings is 3. The summed E-state index contributed by atoms with van der Waals surface area (Å²) in [7, 11) is 0. The number of aliphatic carboxylic acids is 1. The van der Waals surface area contributed by atoms with Crippen LogP contribution in [0.15, 0.2) is 65.2 Å². The van der Waals surface area contributed by atoms with Gasteiger partial charge in [-0.3, -0.25) is 19.6 Å². The van der Waals surface area contributed by atoms with Crippen LogP contribution in [-0.4, -0.2) is 78.2 Å². The first-order valence-corrected chi connectivity index (χ1v) is 18.2. The molecular weight excluding hydrogens is 706 g/mol. The summed E-state index contributed by atoms with van der Waals surface area (Å²) in [6.07, 6.45) is -0.293. The van der Waals surface area contributed by atoms with Crippen LogP contribution in [0.4, 0.5) is 20.3 Å². The summed E-state index contributed by atoms with van der Waals surface area (Å²) in [6.45, 7) is 7.35. The highest BCUT2D eigenvalue weighted by Gasteiger charge is 2.28. The van der Waals surface area contributed by atoms with Crippen molar-refractivity contribution in [1.29, 1.82) is 5.26 Å². The van der Waals surface area contributed by atoms with Gasteiger partial charge in [-0.2, -0.15) is 5.26 Å². The number of likely N-dealkylation sites (tertiary alicyclic amines) is 2. The molecule has 0 bridgehead atoms. The van der Waals surface area contributed by atoms with E-state index in [9.17, 15) is 29.1 Å². The fourth-order valence-corrected chi connectivity index (χ4v) is 7.73. The number of halogens is 2. The summed E-state index contributed by atoms with van der Waals surface area (Å²) >= 11 is 0. The van der Waals surface area contributed by atoms with Crippen LogP contribution >= 0.6 is 0 Å². The molecule has 6 aromatic rings. The third kappa shape index (κ3) is 7.21. The van der Waals surface area contributed by atoms with Crippen molar-refractivity contribution in [2.24, 2.45) is 5.92 Å². The Hall–Kier alpha value is -5.88. The van der Waals surface area contributed by atoms with Crippen molar-refractivity contribution in [3.63, 3.8) is 0 Å². The largest absolute Gasteiger partial charge is 0.481 e. The zero-order chi connectivity index (χ0) is 38.4. The molecule has 2 aliphatic rings. The zero-order valence-corrected chi connectivity index (χ0v) is 30.3. The number of hydrogen-bond acceptors (Lipinski definition) is 11. The van der Waals surface area contributed by atoms with Gasteiger partial charge in [-0.15, -0.1) is 0 Å².